The zero-order valence-electron chi connectivity index (χ0n) is 12.9. The van der Waals surface area contributed by atoms with Crippen LogP contribution in [-0.2, 0) is 4.79 Å². The average Bonchev–Trinajstić information content (AvgIpc) is 2.49. The van der Waals surface area contributed by atoms with Crippen molar-refractivity contribution in [3.8, 4) is 5.75 Å². The number of hydrogen-bond acceptors (Lipinski definition) is 6. The van der Waals surface area contributed by atoms with Crippen LogP contribution in [-0.4, -0.2) is 28.5 Å². The lowest BCUT2D eigenvalue weighted by Gasteiger charge is -2.37. The first-order chi connectivity index (χ1) is 10.8. The molecule has 0 saturated heterocycles. The molecular formula is C15H16FN5O2. The number of fused-ring (bicyclic) bond motifs is 1. The molecule has 1 aromatic carbocycles. The zero-order valence-corrected chi connectivity index (χ0v) is 12.9. The maximum atomic E-state index is 13.1. The number of benzene rings is 1. The molecule has 0 bridgehead atoms. The number of nitrogens with one attached hydrogen (secondary N) is 1. The lowest BCUT2D eigenvalue weighted by molar-refractivity contribution is -0.132. The largest absolute Gasteiger partial charge is 0.476 e. The fourth-order valence-electron chi connectivity index (χ4n) is 2.35. The van der Waals surface area contributed by atoms with Crippen LogP contribution in [0.15, 0.2) is 24.4 Å². The summed E-state index contributed by atoms with van der Waals surface area (Å²) in [6, 6.07) is 5.22. The fraction of sp³-hybridized carbons (Fsp3) is 0.267. The smallest absolute Gasteiger partial charge is 0.270 e. The van der Waals surface area contributed by atoms with Gasteiger partial charge in [0.15, 0.2) is 17.2 Å². The SMILES string of the molecule is CN1C(=O)C(C)(C)Oc2ccc(Nc3ncc(F)c(N)n3)cc21. The third-order valence-corrected chi connectivity index (χ3v) is 3.53. The number of ether oxygens (including phenoxy) is 1. The molecule has 3 N–H and O–H groups in total. The van der Waals surface area contributed by atoms with Crippen LogP contribution in [0.3, 0.4) is 0 Å². The van der Waals surface area contributed by atoms with Crippen molar-refractivity contribution in [2.45, 2.75) is 19.4 Å². The van der Waals surface area contributed by atoms with Crippen LogP contribution in [0.1, 0.15) is 13.8 Å². The quantitative estimate of drug-likeness (QED) is 0.881. The highest BCUT2D eigenvalue weighted by Crippen LogP contribution is 2.38. The predicted molar refractivity (Wildman–Crippen MR) is 84.2 cm³/mol. The van der Waals surface area contributed by atoms with E-state index in [1.165, 1.54) is 4.90 Å². The summed E-state index contributed by atoms with van der Waals surface area (Å²) >= 11 is 0. The average molecular weight is 317 g/mol. The first-order valence-electron chi connectivity index (χ1n) is 6.94. The number of halogens is 1. The van der Waals surface area contributed by atoms with Gasteiger partial charge in [0.2, 0.25) is 5.95 Å². The molecule has 0 saturated carbocycles. The van der Waals surface area contributed by atoms with E-state index in [4.69, 9.17) is 10.5 Å². The summed E-state index contributed by atoms with van der Waals surface area (Å²) in [7, 11) is 1.68. The normalized spacial score (nSPS) is 15.8. The van der Waals surface area contributed by atoms with Crippen molar-refractivity contribution in [3.63, 3.8) is 0 Å². The van der Waals surface area contributed by atoms with Gasteiger partial charge in [0.25, 0.3) is 5.91 Å². The third kappa shape index (κ3) is 2.63. The molecular weight excluding hydrogens is 301 g/mol. The highest BCUT2D eigenvalue weighted by molar-refractivity contribution is 6.02. The topological polar surface area (TPSA) is 93.4 Å². The Morgan fingerprint density at radius 3 is 2.83 bits per heavy atom. The van der Waals surface area contributed by atoms with Gasteiger partial charge in [-0.1, -0.05) is 0 Å². The summed E-state index contributed by atoms with van der Waals surface area (Å²) < 4.78 is 18.8. The van der Waals surface area contributed by atoms with Crippen molar-refractivity contribution in [1.82, 2.24) is 9.97 Å². The van der Waals surface area contributed by atoms with Gasteiger partial charge in [-0.25, -0.2) is 9.37 Å². The van der Waals surface area contributed by atoms with Gasteiger partial charge in [-0.3, -0.25) is 4.79 Å². The maximum absolute atomic E-state index is 13.1. The molecule has 0 unspecified atom stereocenters. The third-order valence-electron chi connectivity index (χ3n) is 3.53. The number of anilines is 4. The Morgan fingerprint density at radius 2 is 2.13 bits per heavy atom. The Balaban J connectivity index is 1.92. The zero-order chi connectivity index (χ0) is 16.8. The van der Waals surface area contributed by atoms with E-state index in [1.54, 1.807) is 39.1 Å². The number of nitrogens with two attached hydrogens (primary N) is 1. The Hall–Kier alpha value is -2.90. The van der Waals surface area contributed by atoms with Crippen molar-refractivity contribution in [3.05, 3.63) is 30.2 Å². The Morgan fingerprint density at radius 1 is 1.39 bits per heavy atom. The highest BCUT2D eigenvalue weighted by Gasteiger charge is 2.39. The van der Waals surface area contributed by atoms with E-state index in [0.29, 0.717) is 17.1 Å². The summed E-state index contributed by atoms with van der Waals surface area (Å²) in [6.45, 7) is 3.44. The van der Waals surface area contributed by atoms with E-state index >= 15 is 0 Å². The molecule has 1 aliphatic heterocycles. The monoisotopic (exact) mass is 317 g/mol. The molecule has 3 rings (SSSR count). The number of likely N-dealkylation sites (N-methyl/N-ethyl adjacent to an activating group) is 1. The van der Waals surface area contributed by atoms with Crippen LogP contribution in [0.5, 0.6) is 5.75 Å². The predicted octanol–water partition coefficient (Wildman–Crippen LogP) is 2.08. The number of nitrogen functional groups attached to an aromatic ring is 1. The number of rotatable bonds is 2. The number of carbonyl (C=O) groups is 1. The van der Waals surface area contributed by atoms with Gasteiger partial charge in [-0.2, -0.15) is 4.98 Å². The van der Waals surface area contributed by atoms with Crippen LogP contribution < -0.4 is 20.7 Å². The standard InChI is InChI=1S/C15H16FN5O2/c1-15(2)13(22)21(3)10-6-8(4-5-11(10)23-15)19-14-18-7-9(16)12(17)20-14/h4-7H,1-3H3,(H3,17,18,19,20). The van der Waals surface area contributed by atoms with E-state index in [-0.39, 0.29) is 17.7 Å². The summed E-state index contributed by atoms with van der Waals surface area (Å²) in [5, 5.41) is 2.92. The molecule has 0 fully saturated rings. The fourth-order valence-corrected chi connectivity index (χ4v) is 2.35. The van der Waals surface area contributed by atoms with Crippen LogP contribution in [0.4, 0.5) is 27.5 Å². The highest BCUT2D eigenvalue weighted by atomic mass is 19.1. The van der Waals surface area contributed by atoms with E-state index in [2.05, 4.69) is 15.3 Å². The number of nitrogens with zero attached hydrogens (tertiary/aromatic N) is 3. The van der Waals surface area contributed by atoms with Crippen LogP contribution in [0.25, 0.3) is 0 Å². The molecule has 0 atom stereocenters. The van der Waals surface area contributed by atoms with Crippen molar-refractivity contribution in [1.29, 1.82) is 0 Å². The lowest BCUT2D eigenvalue weighted by Crippen LogP contribution is -2.50. The minimum absolute atomic E-state index is 0.149. The molecule has 0 spiro atoms. The molecule has 7 nitrogen and oxygen atoms in total. The molecule has 1 aliphatic rings. The molecule has 23 heavy (non-hydrogen) atoms. The van der Waals surface area contributed by atoms with Crippen LogP contribution in [0.2, 0.25) is 0 Å². The number of aromatic nitrogens is 2. The van der Waals surface area contributed by atoms with Crippen molar-refractivity contribution in [2.24, 2.45) is 0 Å². The molecule has 8 heteroatoms. The summed E-state index contributed by atoms with van der Waals surface area (Å²) in [5.41, 5.74) is 5.75. The minimum atomic E-state index is -0.911. The van der Waals surface area contributed by atoms with E-state index in [9.17, 15) is 9.18 Å². The molecule has 120 valence electrons. The Labute approximate surface area is 132 Å². The molecule has 1 amide bonds. The van der Waals surface area contributed by atoms with Crippen LogP contribution in [0, 0.1) is 5.82 Å². The van der Waals surface area contributed by atoms with E-state index < -0.39 is 11.4 Å². The number of amides is 1. The minimum Gasteiger partial charge on any atom is -0.476 e. The Bertz CT molecular complexity index is 793. The van der Waals surface area contributed by atoms with Crippen molar-refractivity contribution in [2.75, 3.05) is 23.0 Å². The first kappa shape index (κ1) is 15.0. The maximum Gasteiger partial charge on any atom is 0.270 e. The van der Waals surface area contributed by atoms with Gasteiger partial charge in [0.05, 0.1) is 11.9 Å². The summed E-state index contributed by atoms with van der Waals surface area (Å²) in [5.74, 6) is -0.304. The lowest BCUT2D eigenvalue weighted by atomic mass is 10.0. The van der Waals surface area contributed by atoms with E-state index in [0.717, 1.165) is 6.20 Å². The van der Waals surface area contributed by atoms with Crippen molar-refractivity contribution < 1.29 is 13.9 Å². The molecule has 0 radical (unpaired) electrons. The number of hydrogen-bond donors (Lipinski definition) is 2. The molecule has 2 heterocycles. The van der Waals surface area contributed by atoms with E-state index in [1.807, 2.05) is 0 Å². The Kier molecular flexibility index (Phi) is 3.32. The summed E-state index contributed by atoms with van der Waals surface area (Å²) in [4.78, 5) is 21.4. The van der Waals surface area contributed by atoms with Gasteiger partial charge in [-0.05, 0) is 32.0 Å². The van der Waals surface area contributed by atoms with Gasteiger partial charge in [0.1, 0.15) is 5.75 Å². The van der Waals surface area contributed by atoms with Crippen LogP contribution >= 0.6 is 0 Å². The molecule has 2 aromatic rings. The van der Waals surface area contributed by atoms with Crippen molar-refractivity contribution >= 4 is 29.0 Å². The second kappa shape index (κ2) is 5.08. The van der Waals surface area contributed by atoms with Gasteiger partial charge in [0, 0.05) is 12.7 Å². The molecule has 0 aliphatic carbocycles. The first-order valence-corrected chi connectivity index (χ1v) is 6.94. The summed E-state index contributed by atoms with van der Waals surface area (Å²) in [6.07, 6.45) is 0.990. The second-order valence-electron chi connectivity index (χ2n) is 5.71. The van der Waals surface area contributed by atoms with Gasteiger partial charge in [-0.15, -0.1) is 0 Å². The number of carbonyl (C=O) groups excluding carboxylic acids is 1. The molecule has 1 aromatic heterocycles. The van der Waals surface area contributed by atoms with Gasteiger partial charge < -0.3 is 20.7 Å². The van der Waals surface area contributed by atoms with Gasteiger partial charge >= 0.3 is 0 Å². The second-order valence-corrected chi connectivity index (χ2v) is 5.71.